The molecule has 112 heavy (non-hydrogen) atoms. The first-order chi connectivity index (χ1) is 51.4. The molecule has 6 saturated carbocycles. The minimum absolute atomic E-state index is 0. The van der Waals surface area contributed by atoms with E-state index in [0.29, 0.717) is 60.3 Å². The smallest absolute Gasteiger partial charge is 1.00 e. The molecule has 16 rings (SSSR count). The molecule has 0 spiro atoms. The Labute approximate surface area is 720 Å². The van der Waals surface area contributed by atoms with Gasteiger partial charge in [0.15, 0.2) is 5.78 Å². The van der Waals surface area contributed by atoms with Gasteiger partial charge in [0, 0.05) is 93.2 Å². The normalized spacial score (nSPS) is 35.8. The monoisotopic (exact) mass is 1580 g/mol. The maximum Gasteiger partial charge on any atom is 1.00 e. The van der Waals surface area contributed by atoms with Crippen molar-refractivity contribution in [3.8, 4) is 0 Å². The van der Waals surface area contributed by atoms with E-state index in [4.69, 9.17) is 49.5 Å². The number of carbonyl (C=O) groups excluding carboxylic acids is 2. The average molecular weight is 1580 g/mol. The standard InChI is InChI=1S/3C14H21NO2.C14H19NO2.C14H21NO2.C14H19NO2.2CH4O.CH3O.CH4.B.2Na.H2.H/c4*1-13(2)11-5-4-10(16)7-14(11,3)6-9-8-15-17-12(9)13;2*1-13(2)11-6-5-9(16)7-14(11,3)8-10(15-4)12(13)17;3*1-2;;;;;;/h3*8,10-11,16H,4-7H2,1-3H3;8,11H,4-7H2,1-3H3;9,11,16-17H,5-8H2,1-3H3;8-9,11,16H,5-7H2,1-3H3;2*2H,1H3;1H3;1H4;;;;1H;/q;;;;;;;;-1;;;2*+1;;-1/t10-,11+,14-;2*10-,11-,14+;11-,14+;2*9-,11-,14-;;;;;;;;;/m100000........./s1/i;;;;;;;;;;;;;1+1D;. The van der Waals surface area contributed by atoms with Crippen molar-refractivity contribution in [2.24, 2.45) is 78.8 Å². The quantitative estimate of drug-likeness (QED) is 0.0600. The van der Waals surface area contributed by atoms with Crippen LogP contribution in [0, 0.1) is 92.0 Å². The number of hydrogen-bond donors (Lipinski definition) is 8. The van der Waals surface area contributed by atoms with Crippen LogP contribution in [-0.4, -0.2) is 133 Å². The summed E-state index contributed by atoms with van der Waals surface area (Å²) >= 11 is 0. The zero-order valence-corrected chi connectivity index (χ0v) is 75.7. The summed E-state index contributed by atoms with van der Waals surface area (Å²) in [6.07, 6.45) is 28.8. The molecular formula is C88H140BN6Na2O15. The van der Waals surface area contributed by atoms with E-state index in [0.717, 1.165) is 173 Å². The summed E-state index contributed by atoms with van der Waals surface area (Å²) in [6.45, 7) is 53.7. The first-order valence-electron chi connectivity index (χ1n) is 40.8. The Morgan fingerprint density at radius 3 is 1.01 bits per heavy atom. The summed E-state index contributed by atoms with van der Waals surface area (Å²) in [5.74, 6) is 7.74. The molecule has 0 unspecified atom stereocenters. The molecule has 4 heterocycles. The fraction of sp³-hybridized carbons (Fsp3) is 0.773. The van der Waals surface area contributed by atoms with E-state index in [1.54, 1.807) is 6.08 Å². The van der Waals surface area contributed by atoms with Crippen molar-refractivity contribution in [2.75, 3.05) is 21.3 Å². The summed E-state index contributed by atoms with van der Waals surface area (Å²) in [6, 6.07) is 0. The van der Waals surface area contributed by atoms with Gasteiger partial charge in [-0.15, -0.1) is 0 Å². The van der Waals surface area contributed by atoms with Crippen molar-refractivity contribution >= 4 is 20.0 Å². The number of aliphatic hydroxyl groups excluding tert-OH is 8. The Balaban J connectivity index is 0.000000456. The molecule has 3 radical (unpaired) electrons. The molecule has 12 aliphatic carbocycles. The molecule has 0 saturated heterocycles. The van der Waals surface area contributed by atoms with Crippen molar-refractivity contribution in [1.29, 1.82) is 0 Å². The zero-order chi connectivity index (χ0) is 82.7. The van der Waals surface area contributed by atoms with E-state index in [1.165, 1.54) is 22.3 Å². The largest absolute Gasteiger partial charge is 1.00 e. The van der Waals surface area contributed by atoms with Gasteiger partial charge in [0.25, 0.3) is 0 Å². The summed E-state index contributed by atoms with van der Waals surface area (Å²) in [7, 11) is 2.75. The van der Waals surface area contributed by atoms with Crippen molar-refractivity contribution in [3.63, 3.8) is 0 Å². The van der Waals surface area contributed by atoms with Gasteiger partial charge >= 0.3 is 59.1 Å². The van der Waals surface area contributed by atoms with E-state index in [1.807, 2.05) is 52.5 Å². The van der Waals surface area contributed by atoms with Gasteiger partial charge in [0.1, 0.15) is 34.6 Å². The summed E-state index contributed by atoms with van der Waals surface area (Å²) in [5, 5.41) is 97.8. The number of carbonyl (C=O) groups is 2. The molecule has 12 aliphatic rings. The molecule has 0 bridgehead atoms. The van der Waals surface area contributed by atoms with E-state index in [9.17, 15) is 40.2 Å². The van der Waals surface area contributed by atoms with Gasteiger partial charge in [0.2, 0.25) is 11.4 Å². The average Bonchev–Trinajstić information content (AvgIpc) is 1.04. The van der Waals surface area contributed by atoms with Crippen LogP contribution in [0.2, 0.25) is 0 Å². The number of Topliss-reactive ketones (excluding diaryl/α,β-unsaturated/α-hetero) is 2. The molecule has 0 aromatic carbocycles. The summed E-state index contributed by atoms with van der Waals surface area (Å²) in [4.78, 5) is 30.8. The van der Waals surface area contributed by atoms with Gasteiger partial charge in [-0.3, -0.25) is 4.79 Å². The van der Waals surface area contributed by atoms with E-state index >= 15 is 0 Å². The zero-order valence-electron chi connectivity index (χ0n) is 74.7. The molecule has 0 aliphatic heterocycles. The van der Waals surface area contributed by atoms with Crippen LogP contribution in [0.25, 0.3) is 9.69 Å². The molecule has 8 N–H and O–H groups in total. The minimum atomic E-state index is -0.483. The van der Waals surface area contributed by atoms with Crippen LogP contribution in [0.3, 0.4) is 0 Å². The summed E-state index contributed by atoms with van der Waals surface area (Å²) < 4.78 is 31.9. The molecular weight excluding hydrogens is 1440 g/mol. The first-order valence-corrected chi connectivity index (χ1v) is 39.8. The second kappa shape index (κ2) is 38.1. The molecule has 0 amide bonds. The van der Waals surface area contributed by atoms with Crippen LogP contribution < -0.4 is 64.2 Å². The Kier molecular flexibility index (Phi) is 33.6. The Morgan fingerprint density at radius 2 is 0.696 bits per heavy atom. The number of aromatic nitrogens is 4. The Hall–Kier alpha value is -3.82. The molecule has 17 atom stereocenters. The molecule has 6 fully saturated rings. The molecule has 4 aromatic rings. The number of fused-ring (bicyclic) bond motifs is 10. The maximum atomic E-state index is 12.2. The van der Waals surface area contributed by atoms with Gasteiger partial charge < -0.3 is 70.3 Å². The SMILES string of the molecule is C.CC1(C)c2oncc2C[C@]2(C)CC(=O)CC[C@@H]12.CC1(C)c2oncc2C[C@]2(C)C[C@@H](O)CC[C@@H]12.CC1(C)c2oncc2C[C@]2(C)C[C@@H](O)CC[C@@H]12.CC1(C)c2oncc2C[C@]2(C)C[C@H](O)CC[C@@H]12.CO.CO.C[O-].[2H][2H].[B].[C-]#[N+]C1=C(O)C(C)(C)[C@@H]2CC[C@H](O)C[C@@]2(C)C1.[C-]#[N+]C1=C[C@]2(C)C[C@@H](O)CC[C@H]2C(C)(C)C1=O.[H-].[Na+].[Na+]. The van der Waals surface area contributed by atoms with Gasteiger partial charge in [-0.25, -0.2) is 9.69 Å². The maximum absolute atomic E-state index is 12.2. The third-order valence-corrected chi connectivity index (χ3v) is 29.3. The van der Waals surface area contributed by atoms with E-state index in [-0.39, 0.29) is 190 Å². The molecule has 24 heteroatoms. The number of ketones is 2. The van der Waals surface area contributed by atoms with Crippen LogP contribution in [0.15, 0.2) is 66.1 Å². The third kappa shape index (κ3) is 19.4. The van der Waals surface area contributed by atoms with Gasteiger partial charge in [-0.1, -0.05) is 159 Å². The molecule has 4 aromatic heterocycles. The Morgan fingerprint density at radius 1 is 0.420 bits per heavy atom. The van der Waals surface area contributed by atoms with Gasteiger partial charge in [0.05, 0.1) is 68.5 Å². The van der Waals surface area contributed by atoms with Crippen molar-refractivity contribution in [3.05, 3.63) is 116 Å². The Bertz CT molecular complexity index is 3760. The third-order valence-electron chi connectivity index (χ3n) is 29.3. The second-order valence-corrected chi connectivity index (χ2v) is 39.3. The molecule has 617 valence electrons. The van der Waals surface area contributed by atoms with Gasteiger partial charge in [-0.2, -0.15) is 7.11 Å². The number of aliphatic hydroxyl groups is 8. The van der Waals surface area contributed by atoms with Crippen molar-refractivity contribution in [2.45, 2.75) is 332 Å². The molecule has 21 nitrogen and oxygen atoms in total. The van der Waals surface area contributed by atoms with Crippen molar-refractivity contribution in [1.82, 2.24) is 20.6 Å². The topological polar surface area (TPSA) is 332 Å². The van der Waals surface area contributed by atoms with Crippen LogP contribution in [0.4, 0.5) is 0 Å². The predicted molar refractivity (Wildman–Crippen MR) is 427 cm³/mol. The van der Waals surface area contributed by atoms with Crippen LogP contribution in [0.5, 0.6) is 0 Å². The second-order valence-electron chi connectivity index (χ2n) is 39.3. The van der Waals surface area contributed by atoms with E-state index < -0.39 is 5.41 Å². The minimum Gasteiger partial charge on any atom is -1.00 e. The number of rotatable bonds is 0. The number of nitrogens with zero attached hydrogens (tertiary/aromatic N) is 6. The van der Waals surface area contributed by atoms with Crippen molar-refractivity contribution < 1.29 is 137 Å². The number of allylic oxidation sites excluding steroid dienone is 4. The van der Waals surface area contributed by atoms with Crippen LogP contribution >= 0.6 is 0 Å². The van der Waals surface area contributed by atoms with E-state index in [2.05, 4.69) is 127 Å². The van der Waals surface area contributed by atoms with Crippen LogP contribution in [-0.2, 0) is 56.9 Å². The van der Waals surface area contributed by atoms with Crippen LogP contribution in [0.1, 0.15) is 304 Å². The fourth-order valence-electron chi connectivity index (χ4n) is 25.3. The fourth-order valence-corrected chi connectivity index (χ4v) is 25.3. The summed E-state index contributed by atoms with van der Waals surface area (Å²) in [5.41, 5.74) is 5.37. The van der Waals surface area contributed by atoms with Gasteiger partial charge in [-0.05, 0) is 203 Å². The number of hydrogen-bond acceptors (Lipinski definition) is 19. The predicted octanol–water partition coefficient (Wildman–Crippen LogP) is 9.56. The first kappa shape index (κ1) is 98.8.